The summed E-state index contributed by atoms with van der Waals surface area (Å²) in [5.74, 6) is 8.16. The molecule has 30 heavy (non-hydrogen) atoms. The molecule has 4 heteroatoms. The molecule has 3 atom stereocenters. The maximum Gasteiger partial charge on any atom is 0.225 e. The van der Waals surface area contributed by atoms with Gasteiger partial charge in [0.1, 0.15) is 0 Å². The Balaban J connectivity index is 1.33. The Morgan fingerprint density at radius 1 is 1.00 bits per heavy atom. The van der Waals surface area contributed by atoms with Crippen LogP contribution < -0.4 is 0 Å². The molecule has 2 aliphatic carbocycles. The molecule has 0 bridgehead atoms. The van der Waals surface area contributed by atoms with Gasteiger partial charge in [0.15, 0.2) is 0 Å². The quantitative estimate of drug-likeness (QED) is 0.783. The van der Waals surface area contributed by atoms with Crippen molar-refractivity contribution in [1.29, 1.82) is 0 Å². The van der Waals surface area contributed by atoms with Gasteiger partial charge in [-0.1, -0.05) is 36.8 Å². The summed E-state index contributed by atoms with van der Waals surface area (Å²) in [7, 11) is 0. The maximum atomic E-state index is 13.2. The Kier molecular flexibility index (Phi) is 5.85. The number of carbonyl (C=O) groups excluding carboxylic acids is 1. The molecule has 5 rings (SSSR count). The summed E-state index contributed by atoms with van der Waals surface area (Å²) in [6.45, 7) is 2.91. The van der Waals surface area contributed by atoms with Gasteiger partial charge in [0.2, 0.25) is 5.91 Å². The van der Waals surface area contributed by atoms with Crippen LogP contribution in [0.15, 0.2) is 24.3 Å². The predicted molar refractivity (Wildman–Crippen MR) is 118 cm³/mol. The van der Waals surface area contributed by atoms with Crippen molar-refractivity contribution in [3.63, 3.8) is 0 Å². The van der Waals surface area contributed by atoms with Crippen molar-refractivity contribution in [2.24, 2.45) is 11.8 Å². The number of hydrogen-bond acceptors (Lipinski definition) is 3. The number of carbonyl (C=O) groups is 1. The van der Waals surface area contributed by atoms with Gasteiger partial charge >= 0.3 is 0 Å². The number of hydrogen-bond donors (Lipinski definition) is 1. The molecule has 2 aliphatic heterocycles. The second-order valence-corrected chi connectivity index (χ2v) is 9.72. The highest BCUT2D eigenvalue weighted by molar-refractivity contribution is 5.79. The van der Waals surface area contributed by atoms with E-state index in [1.807, 2.05) is 0 Å². The third-order valence-corrected chi connectivity index (χ3v) is 7.68. The monoisotopic (exact) mass is 406 g/mol. The first-order chi connectivity index (χ1) is 14.7. The van der Waals surface area contributed by atoms with Gasteiger partial charge in [-0.25, -0.2) is 0 Å². The van der Waals surface area contributed by atoms with Crippen molar-refractivity contribution in [2.45, 2.75) is 69.4 Å². The van der Waals surface area contributed by atoms with Crippen LogP contribution in [-0.4, -0.2) is 59.1 Å². The van der Waals surface area contributed by atoms with Crippen molar-refractivity contribution in [3.05, 3.63) is 35.4 Å². The maximum absolute atomic E-state index is 13.2. The number of amides is 1. The van der Waals surface area contributed by atoms with Crippen LogP contribution in [0.5, 0.6) is 0 Å². The zero-order chi connectivity index (χ0) is 20.5. The van der Waals surface area contributed by atoms with E-state index in [2.05, 4.69) is 45.9 Å². The number of benzene rings is 1. The van der Waals surface area contributed by atoms with Gasteiger partial charge < -0.3 is 10.0 Å². The lowest BCUT2D eigenvalue weighted by Crippen LogP contribution is -2.68. The minimum absolute atomic E-state index is 0.167. The molecule has 0 aromatic heterocycles. The normalized spacial score (nSPS) is 29.9. The van der Waals surface area contributed by atoms with Crippen LogP contribution in [0.2, 0.25) is 0 Å². The van der Waals surface area contributed by atoms with E-state index in [0.29, 0.717) is 17.9 Å². The molecule has 1 aromatic rings. The molecule has 1 amide bonds. The average molecular weight is 407 g/mol. The van der Waals surface area contributed by atoms with Gasteiger partial charge in [-0.15, -0.1) is 0 Å². The van der Waals surface area contributed by atoms with Crippen LogP contribution >= 0.6 is 0 Å². The Labute approximate surface area is 180 Å². The molecular weight excluding hydrogens is 372 g/mol. The highest BCUT2D eigenvalue weighted by Crippen LogP contribution is 2.42. The minimum atomic E-state index is 0.167. The zero-order valence-corrected chi connectivity index (χ0v) is 17.9. The van der Waals surface area contributed by atoms with Gasteiger partial charge in [-0.2, -0.15) is 0 Å². The molecule has 1 aromatic carbocycles. The second-order valence-electron chi connectivity index (χ2n) is 9.72. The number of aliphatic hydroxyl groups is 1. The van der Waals surface area contributed by atoms with Crippen LogP contribution in [0.1, 0.15) is 68.4 Å². The fourth-order valence-corrected chi connectivity index (χ4v) is 5.77. The Hall–Kier alpha value is -1.83. The van der Waals surface area contributed by atoms with Crippen LogP contribution in [0.4, 0.5) is 0 Å². The van der Waals surface area contributed by atoms with Crippen molar-refractivity contribution >= 4 is 5.91 Å². The summed E-state index contributed by atoms with van der Waals surface area (Å²) in [5.41, 5.74) is 2.36. The van der Waals surface area contributed by atoms with Gasteiger partial charge in [0, 0.05) is 48.5 Å². The molecule has 2 saturated heterocycles. The molecular formula is C26H34N2O2. The largest absolute Gasteiger partial charge is 0.395 e. The first kappa shape index (κ1) is 20.1. The lowest BCUT2D eigenvalue weighted by atomic mass is 9.74. The third-order valence-electron chi connectivity index (χ3n) is 7.68. The first-order valence-corrected chi connectivity index (χ1v) is 12.0. The van der Waals surface area contributed by atoms with Gasteiger partial charge in [-0.3, -0.25) is 9.69 Å². The minimum Gasteiger partial charge on any atom is -0.395 e. The summed E-state index contributed by atoms with van der Waals surface area (Å²) in [5, 5.41) is 10.1. The number of fused-ring (bicyclic) bond motifs is 1. The van der Waals surface area contributed by atoms with Crippen LogP contribution in [0.3, 0.4) is 0 Å². The fraction of sp³-hybridized carbons (Fsp3) is 0.654. The number of rotatable bonds is 3. The van der Waals surface area contributed by atoms with E-state index in [1.165, 1.54) is 31.2 Å². The van der Waals surface area contributed by atoms with Crippen LogP contribution in [0, 0.1) is 23.7 Å². The Morgan fingerprint density at radius 3 is 2.43 bits per heavy atom. The van der Waals surface area contributed by atoms with Gasteiger partial charge in [-0.05, 0) is 62.8 Å². The van der Waals surface area contributed by atoms with E-state index in [1.54, 1.807) is 0 Å². The topological polar surface area (TPSA) is 43.8 Å². The molecule has 2 saturated carbocycles. The molecule has 2 heterocycles. The average Bonchev–Trinajstić information content (AvgIpc) is 3.42. The molecule has 0 radical (unpaired) electrons. The SMILES string of the molecule is O=C(C1CCCC1)N1CCCCN2[C@H](CO)[C@@H](c3ccc(C#CC4CC4)cc3)[C@@H]2C1. The van der Waals surface area contributed by atoms with Crippen LogP contribution in [0.25, 0.3) is 0 Å². The van der Waals surface area contributed by atoms with Crippen molar-refractivity contribution in [3.8, 4) is 11.8 Å². The van der Waals surface area contributed by atoms with E-state index in [-0.39, 0.29) is 24.5 Å². The van der Waals surface area contributed by atoms with E-state index in [0.717, 1.165) is 50.9 Å². The van der Waals surface area contributed by atoms with E-state index >= 15 is 0 Å². The molecule has 0 spiro atoms. The van der Waals surface area contributed by atoms with Crippen molar-refractivity contribution < 1.29 is 9.90 Å². The Morgan fingerprint density at radius 2 is 1.73 bits per heavy atom. The predicted octanol–water partition coefficient (Wildman–Crippen LogP) is 3.39. The molecule has 4 aliphatic rings. The van der Waals surface area contributed by atoms with E-state index in [4.69, 9.17) is 0 Å². The smallest absolute Gasteiger partial charge is 0.225 e. The highest BCUT2D eigenvalue weighted by Gasteiger charge is 2.49. The molecule has 4 fully saturated rings. The summed E-state index contributed by atoms with van der Waals surface area (Å²) >= 11 is 0. The zero-order valence-electron chi connectivity index (χ0n) is 17.9. The Bertz CT molecular complexity index is 814. The summed E-state index contributed by atoms with van der Waals surface area (Å²) in [4.78, 5) is 17.8. The third kappa shape index (κ3) is 4.03. The second kappa shape index (κ2) is 8.73. The van der Waals surface area contributed by atoms with E-state index in [9.17, 15) is 9.90 Å². The van der Waals surface area contributed by atoms with Gasteiger partial charge in [0.05, 0.1) is 6.61 Å². The summed E-state index contributed by atoms with van der Waals surface area (Å²) in [6.07, 6.45) is 9.20. The van der Waals surface area contributed by atoms with Crippen molar-refractivity contribution in [1.82, 2.24) is 9.80 Å². The highest BCUT2D eigenvalue weighted by atomic mass is 16.3. The molecule has 4 nitrogen and oxygen atoms in total. The first-order valence-electron chi connectivity index (χ1n) is 12.0. The number of aliphatic hydroxyl groups excluding tert-OH is 1. The molecule has 1 N–H and O–H groups in total. The van der Waals surface area contributed by atoms with Crippen LogP contribution in [-0.2, 0) is 4.79 Å². The molecule has 160 valence electrons. The summed E-state index contributed by atoms with van der Waals surface area (Å²) < 4.78 is 0. The van der Waals surface area contributed by atoms with Gasteiger partial charge in [0.25, 0.3) is 0 Å². The van der Waals surface area contributed by atoms with E-state index < -0.39 is 0 Å². The lowest BCUT2D eigenvalue weighted by molar-refractivity contribution is -0.140. The molecule has 0 unspecified atom stereocenters. The summed E-state index contributed by atoms with van der Waals surface area (Å²) in [6, 6.07) is 9.14. The standard InChI is InChI=1S/C26H34N2O2/c29-18-24-25(21-13-11-20(12-14-21)10-9-19-7-8-19)23-17-27(15-3-4-16-28(23)24)26(30)22-5-1-2-6-22/h11-14,19,22-25,29H,1-8,15-18H2/t23-,24+,25-/m0/s1. The fourth-order valence-electron chi connectivity index (χ4n) is 5.77. The lowest BCUT2D eigenvalue weighted by Gasteiger charge is -2.57. The number of nitrogens with zero attached hydrogens (tertiary/aromatic N) is 2. The van der Waals surface area contributed by atoms with Crippen molar-refractivity contribution in [2.75, 3.05) is 26.2 Å².